The Bertz CT molecular complexity index is 167. The first-order valence-electron chi connectivity index (χ1n) is 4.87. The third-order valence-corrected chi connectivity index (χ3v) is 3.11. The molecule has 0 aromatic heterocycles. The molecule has 2 amide bonds. The molecule has 0 saturated heterocycles. The molecule has 0 aromatic carbocycles. The molecule has 0 unspecified atom stereocenters. The second-order valence-electron chi connectivity index (χ2n) is 2.97. The predicted octanol–water partition coefficient (Wildman–Crippen LogP) is -0.818. The number of nitrogens with two attached hydrogens (primary N) is 1. The molecule has 3 N–H and O–H groups in total. The molecule has 0 aliphatic carbocycles. The van der Waals surface area contributed by atoms with Gasteiger partial charge in [-0.3, -0.25) is 0 Å². The summed E-state index contributed by atoms with van der Waals surface area (Å²) in [5.41, 5.74) is 4.91. The van der Waals surface area contributed by atoms with Gasteiger partial charge in [0.2, 0.25) is 0 Å². The molecule has 0 rings (SSSR count). The van der Waals surface area contributed by atoms with Crippen molar-refractivity contribution in [3.05, 3.63) is 0 Å². The molecule has 15 heavy (non-hydrogen) atoms. The number of hydrogen-bond donors (Lipinski definition) is 2. The van der Waals surface area contributed by atoms with Crippen molar-refractivity contribution in [1.82, 2.24) is 5.32 Å². The lowest BCUT2D eigenvalue weighted by atomic mass is 10.5. The fourth-order valence-electron chi connectivity index (χ4n) is 0.953. The zero-order valence-electron chi connectivity index (χ0n) is 9.32. The van der Waals surface area contributed by atoms with Crippen molar-refractivity contribution in [3.8, 4) is 0 Å². The number of primary amides is 1. The van der Waals surface area contributed by atoms with E-state index in [9.17, 15) is 4.79 Å². The Hall–Kier alpha value is -0.633. The Kier molecular flexibility index (Phi) is 9.49. The van der Waals surface area contributed by atoms with Crippen molar-refractivity contribution < 1.29 is 18.7 Å². The topological polar surface area (TPSA) is 82.8 Å². The number of urea groups is 1. The maximum absolute atomic E-state index is 10.3. The maximum atomic E-state index is 10.3. The average Bonchev–Trinajstić information content (AvgIpc) is 2.22. The lowest BCUT2D eigenvalue weighted by molar-refractivity contribution is -0.121. The molecule has 0 spiro atoms. The van der Waals surface area contributed by atoms with Crippen molar-refractivity contribution in [1.29, 1.82) is 0 Å². The number of carbonyl (C=O) groups is 1. The van der Waals surface area contributed by atoms with Gasteiger partial charge in [-0.1, -0.05) is 0 Å². The Morgan fingerprint density at radius 1 is 1.47 bits per heavy atom. The van der Waals surface area contributed by atoms with Crippen molar-refractivity contribution in [2.45, 2.75) is 18.8 Å². The van der Waals surface area contributed by atoms with Crippen LogP contribution in [0.2, 0.25) is 6.04 Å². The molecule has 0 aliphatic heterocycles. The lowest BCUT2D eigenvalue weighted by Crippen LogP contribution is -2.30. The summed E-state index contributed by atoms with van der Waals surface area (Å²) in [5, 5.41) is 2.52. The van der Waals surface area contributed by atoms with E-state index >= 15 is 0 Å². The molecule has 0 radical (unpaired) electrons. The van der Waals surface area contributed by atoms with E-state index in [1.54, 1.807) is 14.2 Å². The number of carbonyl (C=O) groups excluding carboxylic acids is 1. The van der Waals surface area contributed by atoms with Gasteiger partial charge < -0.3 is 25.0 Å². The highest BCUT2D eigenvalue weighted by Gasteiger charge is 2.03. The van der Waals surface area contributed by atoms with Crippen LogP contribution in [-0.2, 0) is 13.9 Å². The number of rotatable bonds is 9. The Labute approximate surface area is 92.4 Å². The van der Waals surface area contributed by atoms with Crippen LogP contribution >= 0.6 is 0 Å². The third kappa shape index (κ3) is 9.67. The lowest BCUT2D eigenvalue weighted by Gasteiger charge is -2.13. The summed E-state index contributed by atoms with van der Waals surface area (Å²) in [5.74, 6) is 0. The van der Waals surface area contributed by atoms with Gasteiger partial charge in [0, 0.05) is 20.8 Å². The fraction of sp³-hybridized carbons (Fsp3) is 0.875. The van der Waals surface area contributed by atoms with Crippen LogP contribution in [0.3, 0.4) is 0 Å². The van der Waals surface area contributed by atoms with Gasteiger partial charge in [-0.25, -0.2) is 4.79 Å². The number of hydrogen-bond acceptors (Lipinski definition) is 4. The summed E-state index contributed by atoms with van der Waals surface area (Å²) in [6.07, 6.45) is 0.626. The van der Waals surface area contributed by atoms with Gasteiger partial charge in [-0.2, -0.15) is 0 Å². The van der Waals surface area contributed by atoms with Crippen LogP contribution in [0.15, 0.2) is 0 Å². The summed E-state index contributed by atoms with van der Waals surface area (Å²) < 4.78 is 15.3. The summed E-state index contributed by atoms with van der Waals surface area (Å²) in [7, 11) is 2.61. The Morgan fingerprint density at radius 3 is 2.67 bits per heavy atom. The predicted molar refractivity (Wildman–Crippen MR) is 59.3 cm³/mol. The first kappa shape index (κ1) is 14.4. The zero-order valence-corrected chi connectivity index (χ0v) is 10.7. The molecule has 7 heteroatoms. The Morgan fingerprint density at radius 2 is 2.13 bits per heavy atom. The smallest absolute Gasteiger partial charge is 0.312 e. The van der Waals surface area contributed by atoms with Crippen LogP contribution in [0.5, 0.6) is 0 Å². The highest BCUT2D eigenvalue weighted by molar-refractivity contribution is 6.26. The fourth-order valence-corrected chi connectivity index (χ4v) is 1.97. The van der Waals surface area contributed by atoms with Crippen LogP contribution in [0.4, 0.5) is 4.79 Å². The molecule has 6 nitrogen and oxygen atoms in total. The molecule has 0 heterocycles. The zero-order chi connectivity index (χ0) is 11.5. The molecule has 0 saturated carbocycles. The van der Waals surface area contributed by atoms with Gasteiger partial charge in [0.25, 0.3) is 0 Å². The molecule has 90 valence electrons. The first-order valence-corrected chi connectivity index (χ1v) is 6.45. The monoisotopic (exact) mass is 236 g/mol. The molecule has 0 fully saturated rings. The minimum absolute atomic E-state index is 0.277. The second kappa shape index (κ2) is 9.90. The molecule has 0 atom stereocenters. The van der Waals surface area contributed by atoms with E-state index in [1.165, 1.54) is 0 Å². The maximum Gasteiger partial charge on any atom is 0.312 e. The van der Waals surface area contributed by atoms with E-state index in [-0.39, 0.29) is 6.29 Å². The molecular weight excluding hydrogens is 216 g/mol. The minimum atomic E-state index is -0.547. The molecule has 0 bridgehead atoms. The molecule has 0 aliphatic rings. The van der Waals surface area contributed by atoms with E-state index in [1.807, 2.05) is 0 Å². The van der Waals surface area contributed by atoms with Gasteiger partial charge in [0.05, 0.1) is 6.61 Å². The van der Waals surface area contributed by atoms with E-state index < -0.39 is 15.8 Å². The average molecular weight is 236 g/mol. The van der Waals surface area contributed by atoms with Crippen molar-refractivity contribution in [2.24, 2.45) is 5.73 Å². The number of nitrogens with one attached hydrogen (secondary N) is 1. The molecule has 0 aromatic rings. The quantitative estimate of drug-likeness (QED) is 0.311. The summed E-state index contributed by atoms with van der Waals surface area (Å²) >= 11 is 0. The van der Waals surface area contributed by atoms with Crippen LogP contribution in [-0.4, -0.2) is 49.5 Å². The first-order chi connectivity index (χ1) is 7.20. The summed E-state index contributed by atoms with van der Waals surface area (Å²) in [6, 6.07) is 0.525. The SMILES string of the molecule is COC(CO[SiH2]CCCNC(N)=O)OC. The third-order valence-electron chi connectivity index (χ3n) is 1.79. The summed E-state index contributed by atoms with van der Waals surface area (Å²) in [6.45, 7) is 1.09. The van der Waals surface area contributed by atoms with Crippen LogP contribution in [0.25, 0.3) is 0 Å². The van der Waals surface area contributed by atoms with E-state index in [0.29, 0.717) is 13.2 Å². The van der Waals surface area contributed by atoms with Gasteiger partial charge in [-0.15, -0.1) is 0 Å². The van der Waals surface area contributed by atoms with Crippen molar-refractivity contribution >= 4 is 15.8 Å². The highest BCUT2D eigenvalue weighted by Crippen LogP contribution is 1.93. The second-order valence-corrected chi connectivity index (χ2v) is 4.50. The Balaban J connectivity index is 3.14. The van der Waals surface area contributed by atoms with Gasteiger partial charge in [0.15, 0.2) is 16.1 Å². The number of amides is 2. The highest BCUT2D eigenvalue weighted by atomic mass is 28.2. The normalized spacial score (nSPS) is 11.4. The van der Waals surface area contributed by atoms with Crippen LogP contribution < -0.4 is 11.1 Å². The van der Waals surface area contributed by atoms with E-state index in [4.69, 9.17) is 19.6 Å². The van der Waals surface area contributed by atoms with Crippen molar-refractivity contribution in [2.75, 3.05) is 27.4 Å². The van der Waals surface area contributed by atoms with Gasteiger partial charge >= 0.3 is 6.03 Å². The number of methoxy groups -OCH3 is 2. The van der Waals surface area contributed by atoms with E-state index in [2.05, 4.69) is 5.32 Å². The van der Waals surface area contributed by atoms with Crippen LogP contribution in [0, 0.1) is 0 Å². The standard InChI is InChI=1S/C8H20N2O4Si/c1-12-7(13-2)6-14-15-5-3-4-10-8(9)11/h7H,3-6,15H2,1-2H3,(H3,9,10,11). The minimum Gasteiger partial charge on any atom is -0.419 e. The van der Waals surface area contributed by atoms with Crippen LogP contribution in [0.1, 0.15) is 6.42 Å². The van der Waals surface area contributed by atoms with Gasteiger partial charge in [-0.05, 0) is 12.5 Å². The number of ether oxygens (including phenoxy) is 2. The largest absolute Gasteiger partial charge is 0.419 e. The van der Waals surface area contributed by atoms with Crippen molar-refractivity contribution in [3.63, 3.8) is 0 Å². The van der Waals surface area contributed by atoms with E-state index in [0.717, 1.165) is 12.5 Å². The van der Waals surface area contributed by atoms with Gasteiger partial charge in [0.1, 0.15) is 0 Å². The molecular formula is C8H20N2O4Si. The summed E-state index contributed by atoms with van der Waals surface area (Å²) in [4.78, 5) is 10.3.